The number of imidazole rings is 1. The smallest absolute Gasteiger partial charge is 0.252 e. The van der Waals surface area contributed by atoms with E-state index >= 15 is 0 Å². The first-order valence-corrected chi connectivity index (χ1v) is 22.8. The Morgan fingerprint density at radius 1 is 0.476 bits per heavy atom. The second-order valence-electron chi connectivity index (χ2n) is 21.6. The first kappa shape index (κ1) is 39.5. The highest BCUT2D eigenvalue weighted by atomic mass is 15.2. The molecule has 9 aromatic rings. The second kappa shape index (κ2) is 13.3. The van der Waals surface area contributed by atoms with Crippen molar-refractivity contribution in [1.82, 2.24) is 14.1 Å². The maximum absolute atomic E-state index is 5.71. The van der Waals surface area contributed by atoms with E-state index in [2.05, 4.69) is 225 Å². The zero-order chi connectivity index (χ0) is 44.1. The molecule has 7 aromatic carbocycles. The van der Waals surface area contributed by atoms with Crippen molar-refractivity contribution in [3.05, 3.63) is 161 Å². The van der Waals surface area contributed by atoms with Crippen LogP contribution in [0.1, 0.15) is 95.7 Å². The predicted molar refractivity (Wildman–Crippen MR) is 270 cm³/mol. The van der Waals surface area contributed by atoms with Gasteiger partial charge in [-0.05, 0) is 141 Å². The lowest BCUT2D eigenvalue weighted by atomic mass is 9.33. The number of para-hydroxylation sites is 2. The summed E-state index contributed by atoms with van der Waals surface area (Å²) in [6.07, 6.45) is 0. The Labute approximate surface area is 373 Å². The summed E-state index contributed by atoms with van der Waals surface area (Å²) in [5, 5.41) is 2.53. The molecule has 0 spiro atoms. The zero-order valence-corrected chi connectivity index (χ0v) is 39.0. The molecular weight excluding hydrogens is 763 g/mol. The van der Waals surface area contributed by atoms with Gasteiger partial charge in [-0.3, -0.25) is 4.57 Å². The van der Waals surface area contributed by atoms with Crippen molar-refractivity contribution >= 4 is 73.0 Å². The van der Waals surface area contributed by atoms with Crippen LogP contribution in [0, 0.1) is 20.8 Å². The van der Waals surface area contributed by atoms with Crippen molar-refractivity contribution in [3.63, 3.8) is 0 Å². The average molecular weight is 821 g/mol. The van der Waals surface area contributed by atoms with Crippen molar-refractivity contribution < 1.29 is 0 Å². The van der Waals surface area contributed by atoms with Crippen molar-refractivity contribution in [2.24, 2.45) is 0 Å². The Kier molecular flexibility index (Phi) is 8.37. The Hall–Kier alpha value is -6.33. The molecule has 0 saturated heterocycles. The van der Waals surface area contributed by atoms with E-state index in [9.17, 15) is 0 Å². The van der Waals surface area contributed by atoms with Crippen LogP contribution in [-0.4, -0.2) is 20.8 Å². The van der Waals surface area contributed by atoms with Crippen LogP contribution in [0.15, 0.2) is 127 Å². The summed E-state index contributed by atoms with van der Waals surface area (Å²) in [6, 6.07) is 48.8. The van der Waals surface area contributed by atoms with Crippen LogP contribution in [0.2, 0.25) is 0 Å². The van der Waals surface area contributed by atoms with Crippen LogP contribution in [0.5, 0.6) is 0 Å². The molecule has 0 saturated carbocycles. The number of hydrogen-bond donors (Lipinski definition) is 0. The zero-order valence-electron chi connectivity index (χ0n) is 39.0. The fourth-order valence-electron chi connectivity index (χ4n) is 10.8. The molecule has 0 fully saturated rings. The molecule has 2 aliphatic heterocycles. The highest BCUT2D eigenvalue weighted by Gasteiger charge is 2.44. The van der Waals surface area contributed by atoms with E-state index in [1.165, 1.54) is 99.7 Å². The normalized spacial score (nSPS) is 13.7. The van der Waals surface area contributed by atoms with Gasteiger partial charge in [0, 0.05) is 44.8 Å². The first-order chi connectivity index (χ1) is 29.9. The summed E-state index contributed by atoms with van der Waals surface area (Å²) >= 11 is 0. The highest BCUT2D eigenvalue weighted by Crippen LogP contribution is 2.45. The summed E-state index contributed by atoms with van der Waals surface area (Å²) in [5.41, 5.74) is 23.6. The monoisotopic (exact) mass is 820 g/mol. The van der Waals surface area contributed by atoms with E-state index in [0.29, 0.717) is 0 Å². The number of rotatable bonds is 3. The van der Waals surface area contributed by atoms with E-state index in [4.69, 9.17) is 4.98 Å². The maximum atomic E-state index is 5.71. The number of fused-ring (bicyclic) bond motifs is 7. The molecule has 0 radical (unpaired) electrons. The molecule has 4 nitrogen and oxygen atoms in total. The Morgan fingerprint density at radius 2 is 1.03 bits per heavy atom. The van der Waals surface area contributed by atoms with Gasteiger partial charge >= 0.3 is 0 Å². The van der Waals surface area contributed by atoms with E-state index in [-0.39, 0.29) is 23.0 Å². The largest absolute Gasteiger partial charge is 0.311 e. The van der Waals surface area contributed by atoms with Gasteiger partial charge < -0.3 is 9.47 Å². The number of benzene rings is 7. The molecule has 2 aromatic heterocycles. The van der Waals surface area contributed by atoms with Crippen molar-refractivity contribution in [2.75, 3.05) is 4.90 Å². The topological polar surface area (TPSA) is 26.0 Å². The van der Waals surface area contributed by atoms with Crippen molar-refractivity contribution in [2.45, 2.75) is 99.3 Å². The van der Waals surface area contributed by atoms with E-state index < -0.39 is 0 Å². The molecule has 0 atom stereocenters. The minimum absolute atomic E-state index is 0.00444. The summed E-state index contributed by atoms with van der Waals surface area (Å²) in [5.74, 6) is 1.02. The van der Waals surface area contributed by atoms with Crippen LogP contribution in [0.4, 0.5) is 17.1 Å². The van der Waals surface area contributed by atoms with E-state index in [1.54, 1.807) is 0 Å². The predicted octanol–water partition coefficient (Wildman–Crippen LogP) is 13.2. The first-order valence-electron chi connectivity index (χ1n) is 22.8. The lowest BCUT2D eigenvalue weighted by Crippen LogP contribution is -2.60. The quantitative estimate of drug-likeness (QED) is 0.166. The van der Waals surface area contributed by atoms with Gasteiger partial charge in [-0.1, -0.05) is 135 Å². The molecule has 2 aliphatic rings. The summed E-state index contributed by atoms with van der Waals surface area (Å²) in [4.78, 5) is 8.27. The molecule has 5 heteroatoms. The van der Waals surface area contributed by atoms with Gasteiger partial charge in [0.2, 0.25) is 0 Å². The van der Waals surface area contributed by atoms with Crippen LogP contribution in [0.25, 0.3) is 55.6 Å². The average Bonchev–Trinajstić information content (AvgIpc) is 3.77. The fourth-order valence-corrected chi connectivity index (χ4v) is 10.8. The van der Waals surface area contributed by atoms with Crippen molar-refractivity contribution in [1.29, 1.82) is 0 Å². The standard InChI is InChI=1S/C58H57BN4/c1-34-27-50-53-51(28-34)63-54-45(31-39(58(10,11)12)32-46(54)60-55(63)52-35(2)29-38(30-36(52)3)57(7,8)9)59(53)44-26-25-41(33-49(44)61(50)40-23-21-37(22-24-40)56(4,5)6)62-47-19-15-13-17-42(47)43-18-14-16-20-48(43)62/h13-33H,1-12H3. The molecule has 0 N–H and O–H groups in total. The van der Waals surface area contributed by atoms with Gasteiger partial charge in [0.25, 0.3) is 6.71 Å². The SMILES string of the molecule is Cc1cc2c3c(c1)-n1c(-c4c(C)cc(C(C)(C)C)cc4C)nc4cc(C(C)(C)C)cc(c41)B3c1ccc(-n3c4ccccc4c4ccccc43)cc1N2c1ccc(C(C)(C)C)cc1. The third kappa shape index (κ3) is 5.91. The van der Waals surface area contributed by atoms with Crippen molar-refractivity contribution in [3.8, 4) is 22.8 Å². The molecule has 0 bridgehead atoms. The number of aromatic nitrogens is 3. The molecule has 0 unspecified atom stereocenters. The number of aryl methyl sites for hydroxylation is 3. The Bertz CT molecular complexity index is 3300. The molecule has 11 rings (SSSR count). The van der Waals surface area contributed by atoms with Gasteiger partial charge in [0.05, 0.1) is 22.1 Å². The van der Waals surface area contributed by atoms with Gasteiger partial charge in [-0.25, -0.2) is 4.98 Å². The maximum Gasteiger partial charge on any atom is 0.252 e. The van der Waals surface area contributed by atoms with Gasteiger partial charge in [-0.2, -0.15) is 0 Å². The number of hydrogen-bond acceptors (Lipinski definition) is 2. The van der Waals surface area contributed by atoms with Gasteiger partial charge in [0.1, 0.15) is 5.82 Å². The lowest BCUT2D eigenvalue weighted by molar-refractivity contribution is 0.589. The molecule has 0 amide bonds. The molecule has 4 heterocycles. The van der Waals surface area contributed by atoms with Crippen LogP contribution >= 0.6 is 0 Å². The summed E-state index contributed by atoms with van der Waals surface area (Å²) < 4.78 is 4.99. The fraction of sp³-hybridized carbons (Fsp3) is 0.259. The third-order valence-electron chi connectivity index (χ3n) is 14.0. The number of nitrogens with zero attached hydrogens (tertiary/aromatic N) is 4. The molecule has 63 heavy (non-hydrogen) atoms. The summed E-state index contributed by atoms with van der Waals surface area (Å²) in [7, 11) is 0. The molecule has 312 valence electrons. The van der Waals surface area contributed by atoms with Crippen LogP contribution in [-0.2, 0) is 16.2 Å². The van der Waals surface area contributed by atoms with E-state index in [1.807, 2.05) is 0 Å². The third-order valence-corrected chi connectivity index (χ3v) is 14.0. The highest BCUT2D eigenvalue weighted by molar-refractivity contribution is 7.00. The van der Waals surface area contributed by atoms with Gasteiger partial charge in [0.15, 0.2) is 0 Å². The Balaban J connectivity index is 1.25. The Morgan fingerprint density at radius 3 is 1.63 bits per heavy atom. The molecular formula is C58H57BN4. The lowest BCUT2D eigenvalue weighted by Gasteiger charge is -2.41. The minimum atomic E-state index is -0.0794. The molecule has 0 aliphatic carbocycles. The summed E-state index contributed by atoms with van der Waals surface area (Å²) in [6.45, 7) is 27.6. The van der Waals surface area contributed by atoms with Crippen LogP contribution < -0.4 is 21.3 Å². The van der Waals surface area contributed by atoms with Crippen LogP contribution in [0.3, 0.4) is 0 Å². The van der Waals surface area contributed by atoms with E-state index in [0.717, 1.165) is 22.7 Å². The second-order valence-corrected chi connectivity index (χ2v) is 21.6. The number of anilines is 3. The van der Waals surface area contributed by atoms with Gasteiger partial charge in [-0.15, -0.1) is 0 Å². The minimum Gasteiger partial charge on any atom is -0.311 e.